The van der Waals surface area contributed by atoms with Gasteiger partial charge in [-0.25, -0.2) is 23.5 Å². The Morgan fingerprint density at radius 1 is 0.971 bits per heavy atom. The topological polar surface area (TPSA) is 160 Å². The van der Waals surface area contributed by atoms with Crippen LogP contribution >= 0.6 is 11.3 Å². The molecular weight excluding hydrogens is 915 g/mol. The highest BCUT2D eigenvalue weighted by molar-refractivity contribution is 7.12. The molecule has 0 bridgehead atoms. The minimum atomic E-state index is -2.09. The zero-order chi connectivity index (χ0) is 49.1. The maximum Gasteiger partial charge on any atom is 0.407 e. The Hall–Kier alpha value is -6.07. The standard InChI is InChI=1S/C53H62F2N8O6S/c1-7-68-23-10-12-30(2)47(64)61-21-9-15-39(61)46-56-28-36(58-46)32-16-17-38-34(24-32)26-40-44-35(54)25-33(27-41(44)69-49(63(38)40)43-19-18-42(70-43)31-13-8-14-31)37-29-57-50(59-37)53(5)20-11-22-62(53)48(65)45(52(3,4)55)60-51(66)67-6/h16-19,24-31,39,45,49H,7-15,20-23H2,1-6H3,(H,56,58)(H,57,59)(H,60,66). The lowest BCUT2D eigenvalue weighted by Crippen LogP contribution is -2.59. The van der Waals surface area contributed by atoms with Gasteiger partial charge in [0.15, 0.2) is 0 Å². The fraction of sp³-hybridized carbons (Fsp3) is 0.491. The summed E-state index contributed by atoms with van der Waals surface area (Å²) in [7, 11) is 1.16. The van der Waals surface area contributed by atoms with Crippen molar-refractivity contribution in [2.24, 2.45) is 5.92 Å². The molecule has 10 rings (SSSR count). The van der Waals surface area contributed by atoms with Gasteiger partial charge in [0.05, 0.1) is 64.1 Å². The molecule has 3 fully saturated rings. The van der Waals surface area contributed by atoms with Crippen LogP contribution in [0.3, 0.4) is 0 Å². The van der Waals surface area contributed by atoms with Crippen molar-refractivity contribution in [1.82, 2.24) is 39.6 Å². The molecule has 1 aliphatic carbocycles. The molecule has 14 nitrogen and oxygen atoms in total. The smallest absolute Gasteiger partial charge is 0.407 e. The number of rotatable bonds is 15. The number of imidazole rings is 2. The van der Waals surface area contributed by atoms with Crippen LogP contribution in [0.25, 0.3) is 44.7 Å². The third-order valence-corrected chi connectivity index (χ3v) is 16.3. The first-order chi connectivity index (χ1) is 33.7. The van der Waals surface area contributed by atoms with E-state index in [0.29, 0.717) is 79.2 Å². The van der Waals surface area contributed by atoms with E-state index < -0.39 is 41.3 Å². The van der Waals surface area contributed by atoms with E-state index in [9.17, 15) is 14.4 Å². The Morgan fingerprint density at radius 3 is 2.51 bits per heavy atom. The normalized spacial score (nSPS) is 21.0. The number of likely N-dealkylation sites (tertiary alicyclic amines) is 2. The Labute approximate surface area is 410 Å². The molecule has 70 heavy (non-hydrogen) atoms. The first-order valence-electron chi connectivity index (χ1n) is 24.8. The summed E-state index contributed by atoms with van der Waals surface area (Å²) in [5.41, 5.74) is 1.62. The van der Waals surface area contributed by atoms with Gasteiger partial charge in [-0.05, 0) is 127 Å². The molecule has 17 heteroatoms. The number of nitrogens with one attached hydrogen (secondary N) is 3. The number of methoxy groups -OCH3 is 1. The van der Waals surface area contributed by atoms with Gasteiger partial charge >= 0.3 is 6.09 Å². The van der Waals surface area contributed by atoms with Crippen molar-refractivity contribution in [2.45, 2.75) is 128 Å². The van der Waals surface area contributed by atoms with Crippen LogP contribution in [0, 0.1) is 11.7 Å². The zero-order valence-electron chi connectivity index (χ0n) is 40.7. The number of aromatic nitrogens is 5. The number of benzene rings is 2. The maximum atomic E-state index is 17.0. The minimum absolute atomic E-state index is 0.0999. The van der Waals surface area contributed by atoms with Crippen LogP contribution in [0.4, 0.5) is 13.6 Å². The Kier molecular flexibility index (Phi) is 12.9. The number of fused-ring (bicyclic) bond motifs is 5. The van der Waals surface area contributed by atoms with E-state index in [0.717, 1.165) is 78.5 Å². The third-order valence-electron chi connectivity index (χ3n) is 15.0. The Morgan fingerprint density at radius 2 is 1.76 bits per heavy atom. The van der Waals surface area contributed by atoms with Gasteiger partial charge in [0.1, 0.15) is 34.9 Å². The Bertz CT molecular complexity index is 2930. The van der Waals surface area contributed by atoms with Gasteiger partial charge in [-0.1, -0.05) is 19.4 Å². The van der Waals surface area contributed by atoms with Gasteiger partial charge in [0.25, 0.3) is 0 Å². The summed E-state index contributed by atoms with van der Waals surface area (Å²) in [6, 6.07) is 14.3. The van der Waals surface area contributed by atoms with Crippen molar-refractivity contribution in [3.63, 3.8) is 0 Å². The van der Waals surface area contributed by atoms with Gasteiger partial charge < -0.3 is 39.3 Å². The second-order valence-corrected chi connectivity index (χ2v) is 21.2. The molecule has 6 aromatic rings. The summed E-state index contributed by atoms with van der Waals surface area (Å²) in [5.74, 6) is 1.12. The summed E-state index contributed by atoms with van der Waals surface area (Å²) in [6.45, 7) is 10.7. The summed E-state index contributed by atoms with van der Waals surface area (Å²) >= 11 is 1.74. The van der Waals surface area contributed by atoms with E-state index in [-0.39, 0.29) is 17.9 Å². The number of H-pyrrole nitrogens is 2. The van der Waals surface area contributed by atoms with Gasteiger partial charge in [-0.3, -0.25) is 14.2 Å². The SMILES string of the molecule is CCOCCCC(C)C(=O)N1CCCC1c1ncc(-c2ccc3c(c2)cc2n3C(c3ccc(C4CCC4)s3)Oc3cc(-c4cnc(C5(C)CCCN5C(=O)C(NC(=O)OC)C(C)(C)F)[nH]4)cc(F)c3-2)[nH]1. The number of thiophene rings is 1. The quantitative estimate of drug-likeness (QED) is 0.0858. The van der Waals surface area contributed by atoms with E-state index in [1.807, 2.05) is 44.0 Å². The summed E-state index contributed by atoms with van der Waals surface area (Å²) in [5, 5.41) is 3.29. The molecule has 2 saturated heterocycles. The number of aromatic amines is 2. The number of hydrogen-bond acceptors (Lipinski definition) is 9. The molecule has 1 saturated carbocycles. The van der Waals surface area contributed by atoms with Crippen LogP contribution in [0.1, 0.15) is 132 Å². The number of amides is 3. The highest BCUT2D eigenvalue weighted by Gasteiger charge is 2.49. The van der Waals surface area contributed by atoms with E-state index >= 15 is 8.78 Å². The van der Waals surface area contributed by atoms with Crippen LogP contribution in [0.5, 0.6) is 5.75 Å². The minimum Gasteiger partial charge on any atom is -0.464 e. The molecule has 4 aromatic heterocycles. The average molecular weight is 977 g/mol. The van der Waals surface area contributed by atoms with Gasteiger partial charge in [0, 0.05) is 53.6 Å². The van der Waals surface area contributed by atoms with Crippen molar-refractivity contribution >= 4 is 40.1 Å². The second kappa shape index (κ2) is 18.9. The number of hydrogen-bond donors (Lipinski definition) is 3. The van der Waals surface area contributed by atoms with Crippen LogP contribution in [-0.2, 0) is 24.6 Å². The highest BCUT2D eigenvalue weighted by atomic mass is 32.1. The number of nitrogens with zero attached hydrogens (tertiary/aromatic N) is 5. The van der Waals surface area contributed by atoms with Crippen LogP contribution in [0.15, 0.2) is 60.9 Å². The summed E-state index contributed by atoms with van der Waals surface area (Å²) in [4.78, 5) is 62.2. The molecule has 0 radical (unpaired) electrons. The molecule has 0 spiro atoms. The third kappa shape index (κ3) is 8.66. The number of alkyl carbamates (subject to hydrolysis) is 1. The molecular formula is C53H62F2N8O6S. The van der Waals surface area contributed by atoms with Crippen molar-refractivity contribution in [2.75, 3.05) is 33.4 Å². The average Bonchev–Trinajstić information content (AvgIpc) is 4.18. The number of carbonyl (C=O) groups excluding carboxylic acids is 3. The predicted octanol–water partition coefficient (Wildman–Crippen LogP) is 10.9. The fourth-order valence-corrected chi connectivity index (χ4v) is 12.1. The van der Waals surface area contributed by atoms with Gasteiger partial charge in [0.2, 0.25) is 18.0 Å². The molecule has 4 aliphatic rings. The summed E-state index contributed by atoms with van der Waals surface area (Å²) < 4.78 is 51.7. The first-order valence-corrected chi connectivity index (χ1v) is 25.6. The molecule has 3 aliphatic heterocycles. The monoisotopic (exact) mass is 976 g/mol. The zero-order valence-corrected chi connectivity index (χ0v) is 41.5. The lowest BCUT2D eigenvalue weighted by molar-refractivity contribution is -0.141. The molecule has 5 atom stereocenters. The second-order valence-electron chi connectivity index (χ2n) is 20.1. The lowest BCUT2D eigenvalue weighted by atomic mass is 9.84. The highest BCUT2D eigenvalue weighted by Crippen LogP contribution is 2.50. The predicted molar refractivity (Wildman–Crippen MR) is 264 cm³/mol. The van der Waals surface area contributed by atoms with Crippen molar-refractivity contribution in [3.8, 4) is 39.5 Å². The van der Waals surface area contributed by atoms with Crippen molar-refractivity contribution in [1.29, 1.82) is 0 Å². The van der Waals surface area contributed by atoms with E-state index in [2.05, 4.69) is 50.2 Å². The van der Waals surface area contributed by atoms with Gasteiger partial charge in [-0.2, -0.15) is 0 Å². The summed E-state index contributed by atoms with van der Waals surface area (Å²) in [6.07, 6.45) is 10.0. The van der Waals surface area contributed by atoms with Crippen LogP contribution in [-0.4, -0.2) is 97.3 Å². The first kappa shape index (κ1) is 47.6. The molecule has 2 aromatic carbocycles. The van der Waals surface area contributed by atoms with Crippen molar-refractivity contribution < 1.29 is 37.4 Å². The largest absolute Gasteiger partial charge is 0.464 e. The molecule has 3 amide bonds. The number of halogens is 2. The Balaban J connectivity index is 0.965. The molecule has 370 valence electrons. The number of carbonyl (C=O) groups is 3. The number of ether oxygens (including phenoxy) is 3. The van der Waals surface area contributed by atoms with Crippen molar-refractivity contribution in [3.05, 3.63) is 88.1 Å². The van der Waals surface area contributed by atoms with Crippen LogP contribution < -0.4 is 10.1 Å². The lowest BCUT2D eigenvalue weighted by Gasteiger charge is -2.38. The maximum absolute atomic E-state index is 17.0. The van der Waals surface area contributed by atoms with Gasteiger partial charge in [-0.15, -0.1) is 11.3 Å². The molecule has 5 unspecified atom stereocenters. The number of alkyl halides is 1. The molecule has 7 heterocycles. The fourth-order valence-electron chi connectivity index (χ4n) is 10.9. The molecule has 3 N–H and O–H groups in total. The van der Waals surface area contributed by atoms with E-state index in [1.165, 1.54) is 31.2 Å². The van der Waals surface area contributed by atoms with E-state index in [4.69, 9.17) is 24.2 Å². The van der Waals surface area contributed by atoms with Crippen LogP contribution in [0.2, 0.25) is 0 Å². The van der Waals surface area contributed by atoms with E-state index in [1.54, 1.807) is 22.4 Å².